The normalized spacial score (nSPS) is 10.3. The Bertz CT molecular complexity index is 541. The van der Waals surface area contributed by atoms with Crippen molar-refractivity contribution in [2.75, 3.05) is 17.2 Å². The summed E-state index contributed by atoms with van der Waals surface area (Å²) in [5.41, 5.74) is 9.05. The molecule has 0 fully saturated rings. The summed E-state index contributed by atoms with van der Waals surface area (Å²) < 4.78 is 1.45. The number of nitrogens with two attached hydrogens (primary N) is 1. The second-order valence-electron chi connectivity index (χ2n) is 3.59. The molecule has 5 heteroatoms. The van der Waals surface area contributed by atoms with Gasteiger partial charge in [-0.05, 0) is 29.8 Å². The molecule has 0 radical (unpaired) electrons. The third-order valence-electron chi connectivity index (χ3n) is 2.43. The van der Waals surface area contributed by atoms with Gasteiger partial charge >= 0.3 is 0 Å². The van der Waals surface area contributed by atoms with Crippen LogP contribution in [0.4, 0.5) is 11.4 Å². The van der Waals surface area contributed by atoms with E-state index in [2.05, 4.69) is 4.98 Å². The maximum Gasteiger partial charge on any atom is 0.136 e. The van der Waals surface area contributed by atoms with E-state index in [1.54, 1.807) is 13.2 Å². The molecule has 0 amide bonds. The van der Waals surface area contributed by atoms with Gasteiger partial charge in [-0.25, -0.2) is 4.98 Å². The first kappa shape index (κ1) is 12.0. The largest absolute Gasteiger partial charge is 0.397 e. The molecule has 88 valence electrons. The zero-order valence-corrected chi connectivity index (χ0v) is 10.7. The Hall–Kier alpha value is -1.45. The van der Waals surface area contributed by atoms with Crippen molar-refractivity contribution in [2.45, 2.75) is 0 Å². The maximum atomic E-state index is 6.03. The summed E-state index contributed by atoms with van der Waals surface area (Å²) in [6.07, 6.45) is 1.65. The molecule has 2 N–H and O–H groups in total. The fourth-order valence-electron chi connectivity index (χ4n) is 1.60. The van der Waals surface area contributed by atoms with Crippen molar-refractivity contribution >= 4 is 34.8 Å². The molecule has 0 atom stereocenters. The summed E-state index contributed by atoms with van der Waals surface area (Å²) in [4.78, 5) is 4.03. The monoisotopic (exact) mass is 267 g/mol. The minimum atomic E-state index is 0.457. The molecule has 0 aliphatic carbocycles. The molecule has 0 saturated carbocycles. The number of nitrogen functional groups attached to an aromatic ring is 1. The van der Waals surface area contributed by atoms with Crippen molar-refractivity contribution in [3.63, 3.8) is 0 Å². The van der Waals surface area contributed by atoms with E-state index in [1.807, 2.05) is 30.3 Å². The number of rotatable bonds is 2. The number of anilines is 2. The lowest BCUT2D eigenvalue weighted by atomic mass is 10.1. The van der Waals surface area contributed by atoms with E-state index in [0.29, 0.717) is 10.8 Å². The molecule has 2 aromatic rings. The van der Waals surface area contributed by atoms with Gasteiger partial charge in [0.25, 0.3) is 0 Å². The molecule has 0 bridgehead atoms. The van der Waals surface area contributed by atoms with Gasteiger partial charge in [0, 0.05) is 30.6 Å². The van der Waals surface area contributed by atoms with Crippen LogP contribution < -0.4 is 10.2 Å². The number of pyridine rings is 1. The van der Waals surface area contributed by atoms with Gasteiger partial charge in [-0.2, -0.15) is 0 Å². The third kappa shape index (κ3) is 2.46. The van der Waals surface area contributed by atoms with Crippen LogP contribution in [0.3, 0.4) is 0 Å². The number of halogens is 2. The van der Waals surface area contributed by atoms with E-state index in [4.69, 9.17) is 29.1 Å². The zero-order valence-electron chi connectivity index (χ0n) is 9.19. The van der Waals surface area contributed by atoms with Gasteiger partial charge in [0.15, 0.2) is 0 Å². The molecule has 0 spiro atoms. The van der Waals surface area contributed by atoms with E-state index >= 15 is 0 Å². The molecule has 0 aliphatic heterocycles. The fraction of sp³-hybridized carbons (Fsp3) is 0.0833. The minimum Gasteiger partial charge on any atom is -0.397 e. The number of nitrogens with zero attached hydrogens (tertiary/aromatic N) is 2. The first-order valence-corrected chi connectivity index (χ1v) is 5.71. The van der Waals surface area contributed by atoms with E-state index in [1.165, 1.54) is 4.42 Å². The van der Waals surface area contributed by atoms with Gasteiger partial charge < -0.3 is 5.73 Å². The van der Waals surface area contributed by atoms with Gasteiger partial charge in [0.1, 0.15) is 5.15 Å². The van der Waals surface area contributed by atoms with Crippen molar-refractivity contribution < 1.29 is 0 Å². The predicted molar refractivity (Wildman–Crippen MR) is 73.4 cm³/mol. The van der Waals surface area contributed by atoms with Crippen LogP contribution in [-0.4, -0.2) is 12.0 Å². The highest BCUT2D eigenvalue weighted by molar-refractivity contribution is 6.32. The Kier molecular flexibility index (Phi) is 3.41. The van der Waals surface area contributed by atoms with Crippen molar-refractivity contribution in [2.24, 2.45) is 0 Å². The Labute approximate surface area is 110 Å². The van der Waals surface area contributed by atoms with Crippen LogP contribution in [0, 0.1) is 0 Å². The summed E-state index contributed by atoms with van der Waals surface area (Å²) >= 11 is 11.9. The van der Waals surface area contributed by atoms with Crippen LogP contribution in [0.1, 0.15) is 0 Å². The lowest BCUT2D eigenvalue weighted by Crippen LogP contribution is -2.04. The molecular formula is C12H11Cl2N3. The first-order valence-electron chi connectivity index (χ1n) is 4.99. The summed E-state index contributed by atoms with van der Waals surface area (Å²) in [5.74, 6) is 0. The van der Waals surface area contributed by atoms with Crippen molar-refractivity contribution in [3.8, 4) is 11.1 Å². The second kappa shape index (κ2) is 4.82. The van der Waals surface area contributed by atoms with E-state index in [0.717, 1.165) is 16.8 Å². The summed E-state index contributed by atoms with van der Waals surface area (Å²) in [7, 11) is 1.73. The molecule has 1 aromatic carbocycles. The molecule has 2 rings (SSSR count). The van der Waals surface area contributed by atoms with Crippen molar-refractivity contribution in [1.82, 2.24) is 4.98 Å². The molecule has 1 aromatic heterocycles. The number of hydrogen-bond donors (Lipinski definition) is 1. The maximum absolute atomic E-state index is 6.03. The van der Waals surface area contributed by atoms with Crippen LogP contribution >= 0.6 is 23.4 Å². The number of benzene rings is 1. The van der Waals surface area contributed by atoms with Gasteiger partial charge in [-0.15, -0.1) is 0 Å². The van der Waals surface area contributed by atoms with Crippen LogP contribution in [0.15, 0.2) is 36.5 Å². The van der Waals surface area contributed by atoms with Crippen LogP contribution in [-0.2, 0) is 0 Å². The van der Waals surface area contributed by atoms with E-state index in [9.17, 15) is 0 Å². The highest BCUT2D eigenvalue weighted by Gasteiger charge is 2.08. The summed E-state index contributed by atoms with van der Waals surface area (Å²) in [6, 6.07) is 9.32. The van der Waals surface area contributed by atoms with Gasteiger partial charge in [-0.3, -0.25) is 4.42 Å². The second-order valence-corrected chi connectivity index (χ2v) is 4.46. The summed E-state index contributed by atoms with van der Waals surface area (Å²) in [5, 5.41) is 0.457. The van der Waals surface area contributed by atoms with Gasteiger partial charge in [0.05, 0.1) is 11.4 Å². The highest BCUT2D eigenvalue weighted by atomic mass is 35.5. The Morgan fingerprint density at radius 1 is 1.29 bits per heavy atom. The quantitative estimate of drug-likeness (QED) is 0.514. The van der Waals surface area contributed by atoms with Gasteiger partial charge in [-0.1, -0.05) is 17.7 Å². The van der Waals surface area contributed by atoms with E-state index in [-0.39, 0.29) is 0 Å². The number of hydrogen-bond acceptors (Lipinski definition) is 3. The lowest BCUT2D eigenvalue weighted by Gasteiger charge is -2.13. The SMILES string of the molecule is CN(Cl)c1ccc(-c2cccnc2Cl)cc1N. The molecule has 0 saturated heterocycles. The average molecular weight is 268 g/mol. The first-order chi connectivity index (χ1) is 8.09. The number of aromatic nitrogens is 1. The fourth-order valence-corrected chi connectivity index (χ4v) is 1.99. The standard InChI is InChI=1S/C12H11Cl2N3/c1-17(14)11-5-4-8(7-10(11)15)9-3-2-6-16-12(9)13/h2-7H,15H2,1H3. The molecule has 3 nitrogen and oxygen atoms in total. The molecule has 1 heterocycles. The van der Waals surface area contributed by atoms with Crippen molar-refractivity contribution in [1.29, 1.82) is 0 Å². The molecule has 0 aliphatic rings. The Balaban J connectivity index is 2.49. The summed E-state index contributed by atoms with van der Waals surface area (Å²) in [6.45, 7) is 0. The molecule has 0 unspecified atom stereocenters. The minimum absolute atomic E-state index is 0.457. The average Bonchev–Trinajstić information content (AvgIpc) is 2.29. The molecular weight excluding hydrogens is 257 g/mol. The van der Waals surface area contributed by atoms with E-state index < -0.39 is 0 Å². The van der Waals surface area contributed by atoms with Gasteiger partial charge in [0.2, 0.25) is 0 Å². The predicted octanol–water partition coefficient (Wildman–Crippen LogP) is 3.57. The smallest absolute Gasteiger partial charge is 0.136 e. The van der Waals surface area contributed by atoms with Crippen LogP contribution in [0.5, 0.6) is 0 Å². The van der Waals surface area contributed by atoms with Crippen molar-refractivity contribution in [3.05, 3.63) is 41.7 Å². The Morgan fingerprint density at radius 2 is 2.06 bits per heavy atom. The Morgan fingerprint density at radius 3 is 2.65 bits per heavy atom. The highest BCUT2D eigenvalue weighted by Crippen LogP contribution is 2.32. The lowest BCUT2D eigenvalue weighted by molar-refractivity contribution is 1.32. The molecule has 17 heavy (non-hydrogen) atoms. The zero-order chi connectivity index (χ0) is 12.4. The third-order valence-corrected chi connectivity index (χ3v) is 2.91. The topological polar surface area (TPSA) is 42.2 Å². The van der Waals surface area contributed by atoms with Crippen LogP contribution in [0.25, 0.3) is 11.1 Å². The van der Waals surface area contributed by atoms with Crippen LogP contribution in [0.2, 0.25) is 5.15 Å².